The summed E-state index contributed by atoms with van der Waals surface area (Å²) in [7, 11) is 0. The van der Waals surface area contributed by atoms with Crippen molar-refractivity contribution in [3.63, 3.8) is 0 Å². The Morgan fingerprint density at radius 3 is 2.94 bits per heavy atom. The van der Waals surface area contributed by atoms with Crippen LogP contribution < -0.4 is 10.2 Å². The monoisotopic (exact) mass is 218 g/mol. The number of hydrogen-bond acceptors (Lipinski definition) is 2. The molecule has 2 rings (SSSR count). The molecule has 1 unspecified atom stereocenters. The standard InChI is InChI=1S/C14H22N2/c1-4-13-10-16(8-7-15-13)14-9-11(2)5-6-12(14)3/h5-6,9,13,15H,4,7-8,10H2,1-3H3. The number of nitrogens with one attached hydrogen (secondary N) is 1. The van der Waals surface area contributed by atoms with Crippen LogP contribution in [0.25, 0.3) is 0 Å². The second kappa shape index (κ2) is 4.88. The average molecular weight is 218 g/mol. The highest BCUT2D eigenvalue weighted by Gasteiger charge is 2.18. The van der Waals surface area contributed by atoms with Gasteiger partial charge in [0.05, 0.1) is 0 Å². The molecule has 1 N–H and O–H groups in total. The van der Waals surface area contributed by atoms with Gasteiger partial charge in [-0.2, -0.15) is 0 Å². The summed E-state index contributed by atoms with van der Waals surface area (Å²) in [6, 6.07) is 7.38. The summed E-state index contributed by atoms with van der Waals surface area (Å²) >= 11 is 0. The minimum atomic E-state index is 0.647. The fourth-order valence-electron chi connectivity index (χ4n) is 2.38. The van der Waals surface area contributed by atoms with Gasteiger partial charge in [0.1, 0.15) is 0 Å². The van der Waals surface area contributed by atoms with Gasteiger partial charge in [-0.3, -0.25) is 0 Å². The molecule has 1 aliphatic heterocycles. The van der Waals surface area contributed by atoms with Crippen LogP contribution in [-0.2, 0) is 0 Å². The lowest BCUT2D eigenvalue weighted by atomic mass is 10.1. The highest BCUT2D eigenvalue weighted by atomic mass is 15.2. The molecule has 1 fully saturated rings. The zero-order chi connectivity index (χ0) is 11.5. The summed E-state index contributed by atoms with van der Waals surface area (Å²) in [5.74, 6) is 0. The van der Waals surface area contributed by atoms with Gasteiger partial charge in [0.2, 0.25) is 0 Å². The van der Waals surface area contributed by atoms with Crippen LogP contribution in [0.5, 0.6) is 0 Å². The lowest BCUT2D eigenvalue weighted by molar-refractivity contribution is 0.446. The predicted molar refractivity (Wildman–Crippen MR) is 70.2 cm³/mol. The van der Waals surface area contributed by atoms with E-state index in [1.165, 1.54) is 23.2 Å². The van der Waals surface area contributed by atoms with Gasteiger partial charge >= 0.3 is 0 Å². The van der Waals surface area contributed by atoms with Gasteiger partial charge < -0.3 is 10.2 Å². The molecule has 0 bridgehead atoms. The molecule has 2 nitrogen and oxygen atoms in total. The van der Waals surface area contributed by atoms with Crippen molar-refractivity contribution in [2.45, 2.75) is 33.2 Å². The van der Waals surface area contributed by atoms with E-state index in [-0.39, 0.29) is 0 Å². The van der Waals surface area contributed by atoms with Crippen molar-refractivity contribution in [1.29, 1.82) is 0 Å². The average Bonchev–Trinajstić information content (AvgIpc) is 2.32. The Kier molecular flexibility index (Phi) is 3.49. The van der Waals surface area contributed by atoms with Crippen molar-refractivity contribution in [3.05, 3.63) is 29.3 Å². The molecule has 1 aliphatic rings. The molecular formula is C14H22N2. The molecule has 2 heteroatoms. The smallest absolute Gasteiger partial charge is 0.0399 e. The maximum absolute atomic E-state index is 3.56. The Labute approximate surface area is 98.7 Å². The summed E-state index contributed by atoms with van der Waals surface area (Å²) in [6.45, 7) is 10.00. The van der Waals surface area contributed by atoms with E-state index < -0.39 is 0 Å². The van der Waals surface area contributed by atoms with Crippen molar-refractivity contribution in [2.24, 2.45) is 0 Å². The van der Waals surface area contributed by atoms with E-state index in [1.807, 2.05) is 0 Å². The third kappa shape index (κ3) is 2.38. The minimum absolute atomic E-state index is 0.647. The molecular weight excluding hydrogens is 196 g/mol. The van der Waals surface area contributed by atoms with Crippen LogP contribution in [0.4, 0.5) is 5.69 Å². The Bertz CT molecular complexity index is 360. The first-order chi connectivity index (χ1) is 7.70. The summed E-state index contributed by atoms with van der Waals surface area (Å²) in [4.78, 5) is 2.52. The normalized spacial score (nSPS) is 21.2. The molecule has 1 saturated heterocycles. The third-order valence-corrected chi connectivity index (χ3v) is 3.45. The lowest BCUT2D eigenvalue weighted by Crippen LogP contribution is -2.50. The van der Waals surface area contributed by atoms with Gasteiger partial charge in [0.25, 0.3) is 0 Å². The number of benzene rings is 1. The van der Waals surface area contributed by atoms with E-state index in [1.54, 1.807) is 0 Å². The maximum atomic E-state index is 3.56. The molecule has 1 aromatic rings. The van der Waals surface area contributed by atoms with Crippen molar-refractivity contribution >= 4 is 5.69 Å². The van der Waals surface area contributed by atoms with E-state index >= 15 is 0 Å². The number of anilines is 1. The maximum Gasteiger partial charge on any atom is 0.0399 e. The number of nitrogens with zero attached hydrogens (tertiary/aromatic N) is 1. The largest absolute Gasteiger partial charge is 0.368 e. The van der Waals surface area contributed by atoms with E-state index in [9.17, 15) is 0 Å². The third-order valence-electron chi connectivity index (χ3n) is 3.45. The zero-order valence-electron chi connectivity index (χ0n) is 10.6. The molecule has 0 radical (unpaired) electrons. The molecule has 88 valence electrons. The summed E-state index contributed by atoms with van der Waals surface area (Å²) in [6.07, 6.45) is 1.21. The first-order valence-corrected chi connectivity index (χ1v) is 6.26. The topological polar surface area (TPSA) is 15.3 Å². The molecule has 0 aliphatic carbocycles. The molecule has 1 heterocycles. The Balaban J connectivity index is 2.19. The van der Waals surface area contributed by atoms with Gasteiger partial charge in [0, 0.05) is 31.4 Å². The van der Waals surface area contributed by atoms with Crippen LogP contribution in [0, 0.1) is 13.8 Å². The van der Waals surface area contributed by atoms with Gasteiger partial charge in [-0.05, 0) is 37.5 Å². The minimum Gasteiger partial charge on any atom is -0.368 e. The second-order valence-corrected chi connectivity index (χ2v) is 4.80. The highest BCUT2D eigenvalue weighted by Crippen LogP contribution is 2.22. The van der Waals surface area contributed by atoms with Crippen molar-refractivity contribution in [2.75, 3.05) is 24.5 Å². The number of aryl methyl sites for hydroxylation is 2. The predicted octanol–water partition coefficient (Wildman–Crippen LogP) is 2.49. The van der Waals surface area contributed by atoms with Crippen LogP contribution in [0.2, 0.25) is 0 Å². The van der Waals surface area contributed by atoms with Crippen LogP contribution in [0.15, 0.2) is 18.2 Å². The van der Waals surface area contributed by atoms with Crippen LogP contribution >= 0.6 is 0 Å². The van der Waals surface area contributed by atoms with Gasteiger partial charge in [-0.15, -0.1) is 0 Å². The van der Waals surface area contributed by atoms with E-state index in [4.69, 9.17) is 0 Å². The first-order valence-electron chi connectivity index (χ1n) is 6.26. The van der Waals surface area contributed by atoms with Crippen molar-refractivity contribution in [3.8, 4) is 0 Å². The Morgan fingerprint density at radius 1 is 1.38 bits per heavy atom. The van der Waals surface area contributed by atoms with E-state index in [0.29, 0.717) is 6.04 Å². The van der Waals surface area contributed by atoms with Crippen molar-refractivity contribution in [1.82, 2.24) is 5.32 Å². The molecule has 0 saturated carbocycles. The Morgan fingerprint density at radius 2 is 2.19 bits per heavy atom. The van der Waals surface area contributed by atoms with Crippen LogP contribution in [0.3, 0.4) is 0 Å². The van der Waals surface area contributed by atoms with Crippen LogP contribution in [-0.4, -0.2) is 25.7 Å². The zero-order valence-corrected chi connectivity index (χ0v) is 10.6. The summed E-state index contributed by atoms with van der Waals surface area (Å²) in [5.41, 5.74) is 4.16. The van der Waals surface area contributed by atoms with Gasteiger partial charge in [-0.1, -0.05) is 19.1 Å². The van der Waals surface area contributed by atoms with E-state index in [2.05, 4.69) is 49.2 Å². The number of hydrogen-bond donors (Lipinski definition) is 1. The van der Waals surface area contributed by atoms with Gasteiger partial charge in [0.15, 0.2) is 0 Å². The van der Waals surface area contributed by atoms with Crippen LogP contribution in [0.1, 0.15) is 24.5 Å². The quantitative estimate of drug-likeness (QED) is 0.820. The Hall–Kier alpha value is -1.02. The first kappa shape index (κ1) is 11.5. The second-order valence-electron chi connectivity index (χ2n) is 4.80. The molecule has 0 aromatic heterocycles. The molecule has 0 spiro atoms. The molecule has 16 heavy (non-hydrogen) atoms. The molecule has 1 atom stereocenters. The fraction of sp³-hybridized carbons (Fsp3) is 0.571. The van der Waals surface area contributed by atoms with Crippen molar-refractivity contribution < 1.29 is 0 Å². The van der Waals surface area contributed by atoms with Gasteiger partial charge in [-0.25, -0.2) is 0 Å². The van der Waals surface area contributed by atoms with E-state index in [0.717, 1.165) is 19.6 Å². The molecule has 0 amide bonds. The SMILES string of the molecule is CCC1CN(c2cc(C)ccc2C)CCN1. The number of piperazine rings is 1. The number of rotatable bonds is 2. The summed E-state index contributed by atoms with van der Waals surface area (Å²) in [5, 5.41) is 3.56. The fourth-order valence-corrected chi connectivity index (χ4v) is 2.38. The molecule has 1 aromatic carbocycles. The lowest BCUT2D eigenvalue weighted by Gasteiger charge is -2.36. The highest BCUT2D eigenvalue weighted by molar-refractivity contribution is 5.55. The summed E-state index contributed by atoms with van der Waals surface area (Å²) < 4.78 is 0.